The number of nitrogens with one attached hydrogen (secondary N) is 1. The summed E-state index contributed by atoms with van der Waals surface area (Å²) < 4.78 is 13.1. The van der Waals surface area contributed by atoms with E-state index in [4.69, 9.17) is 0 Å². The summed E-state index contributed by atoms with van der Waals surface area (Å²) in [6.07, 6.45) is 6.98. The number of benzene rings is 1. The lowest BCUT2D eigenvalue weighted by Crippen LogP contribution is -2.56. The quantitative estimate of drug-likeness (QED) is 0.896. The van der Waals surface area contributed by atoms with Crippen molar-refractivity contribution in [1.82, 2.24) is 19.8 Å². The third-order valence-electron chi connectivity index (χ3n) is 5.72. The van der Waals surface area contributed by atoms with E-state index in [-0.39, 0.29) is 11.7 Å². The molecular formula is C20H25FN4O. The number of likely N-dealkylation sites (tertiary alicyclic amines) is 2. The second-order valence-electron chi connectivity index (χ2n) is 7.43. The second-order valence-corrected chi connectivity index (χ2v) is 7.43. The molecule has 26 heavy (non-hydrogen) atoms. The lowest BCUT2D eigenvalue weighted by molar-refractivity contribution is -0.141. The van der Waals surface area contributed by atoms with Gasteiger partial charge < -0.3 is 9.88 Å². The fourth-order valence-electron chi connectivity index (χ4n) is 4.37. The maximum absolute atomic E-state index is 13.1. The zero-order valence-electron chi connectivity index (χ0n) is 14.9. The molecule has 1 aromatic heterocycles. The van der Waals surface area contributed by atoms with Gasteiger partial charge in [-0.2, -0.15) is 0 Å². The Morgan fingerprint density at radius 3 is 2.85 bits per heavy atom. The first-order valence-electron chi connectivity index (χ1n) is 9.42. The van der Waals surface area contributed by atoms with Gasteiger partial charge in [-0.25, -0.2) is 9.37 Å². The summed E-state index contributed by atoms with van der Waals surface area (Å²) in [5, 5.41) is 0. The standard InChI is InChI=1S/C20H25FN4O/c21-17-4-1-15(2-5-17)12-24-9-8-19-16(13-24)3-6-20(26)25(19)10-7-18-11-22-14-23-18/h1-2,4-5,11,14,16,19H,3,6-10,12-13H2,(H,22,23)/t16-,19+/m1/s1. The van der Waals surface area contributed by atoms with Crippen molar-refractivity contribution in [1.29, 1.82) is 0 Å². The maximum Gasteiger partial charge on any atom is 0.222 e. The Bertz CT molecular complexity index is 731. The van der Waals surface area contributed by atoms with Gasteiger partial charge in [0.25, 0.3) is 0 Å². The van der Waals surface area contributed by atoms with Gasteiger partial charge in [-0.15, -0.1) is 0 Å². The number of amides is 1. The number of imidazole rings is 1. The maximum atomic E-state index is 13.1. The van der Waals surface area contributed by atoms with Gasteiger partial charge in [-0.3, -0.25) is 9.69 Å². The minimum Gasteiger partial charge on any atom is -0.348 e. The molecule has 0 unspecified atom stereocenters. The summed E-state index contributed by atoms with van der Waals surface area (Å²) >= 11 is 0. The van der Waals surface area contributed by atoms with Crippen molar-refractivity contribution in [3.8, 4) is 0 Å². The highest BCUT2D eigenvalue weighted by Crippen LogP contribution is 2.32. The van der Waals surface area contributed by atoms with E-state index in [0.29, 0.717) is 18.4 Å². The van der Waals surface area contributed by atoms with Gasteiger partial charge in [0.05, 0.1) is 6.33 Å². The van der Waals surface area contributed by atoms with Gasteiger partial charge in [0.2, 0.25) is 5.91 Å². The first-order chi connectivity index (χ1) is 12.7. The molecule has 138 valence electrons. The van der Waals surface area contributed by atoms with Crippen LogP contribution in [0.4, 0.5) is 4.39 Å². The number of piperidine rings is 2. The second kappa shape index (κ2) is 7.58. The zero-order chi connectivity index (χ0) is 17.9. The topological polar surface area (TPSA) is 52.2 Å². The molecule has 5 nitrogen and oxygen atoms in total. The van der Waals surface area contributed by atoms with Crippen LogP contribution in [0.1, 0.15) is 30.5 Å². The molecule has 0 radical (unpaired) electrons. The predicted molar refractivity (Wildman–Crippen MR) is 96.8 cm³/mol. The Kier molecular flexibility index (Phi) is 5.02. The number of H-pyrrole nitrogens is 1. The van der Waals surface area contributed by atoms with Crippen LogP contribution >= 0.6 is 0 Å². The van der Waals surface area contributed by atoms with E-state index < -0.39 is 0 Å². The number of aromatic amines is 1. The molecule has 3 heterocycles. The van der Waals surface area contributed by atoms with Crippen LogP contribution in [0.3, 0.4) is 0 Å². The highest BCUT2D eigenvalue weighted by atomic mass is 19.1. The number of nitrogens with zero attached hydrogens (tertiary/aromatic N) is 3. The van der Waals surface area contributed by atoms with E-state index in [2.05, 4.69) is 19.8 Å². The van der Waals surface area contributed by atoms with Crippen molar-refractivity contribution in [2.45, 2.75) is 38.3 Å². The molecule has 0 saturated carbocycles. The summed E-state index contributed by atoms with van der Waals surface area (Å²) in [5.41, 5.74) is 2.22. The Labute approximate surface area is 153 Å². The van der Waals surface area contributed by atoms with E-state index in [0.717, 1.165) is 56.7 Å². The van der Waals surface area contributed by atoms with Crippen LogP contribution in [0.25, 0.3) is 0 Å². The molecule has 2 aliphatic rings. The van der Waals surface area contributed by atoms with Crippen LogP contribution in [0.2, 0.25) is 0 Å². The molecule has 2 fully saturated rings. The Balaban J connectivity index is 1.36. The smallest absolute Gasteiger partial charge is 0.222 e. The number of hydrogen-bond donors (Lipinski definition) is 1. The molecule has 6 heteroatoms. The summed E-state index contributed by atoms with van der Waals surface area (Å²) in [5.74, 6) is 0.632. The Hall–Kier alpha value is -2.21. The van der Waals surface area contributed by atoms with Crippen LogP contribution < -0.4 is 0 Å². The fraction of sp³-hybridized carbons (Fsp3) is 0.500. The van der Waals surface area contributed by atoms with E-state index >= 15 is 0 Å². The highest BCUT2D eigenvalue weighted by molar-refractivity contribution is 5.77. The largest absolute Gasteiger partial charge is 0.348 e. The monoisotopic (exact) mass is 356 g/mol. The van der Waals surface area contributed by atoms with Gasteiger partial charge in [0, 0.05) is 57.0 Å². The summed E-state index contributed by atoms with van der Waals surface area (Å²) in [6.45, 7) is 3.61. The van der Waals surface area contributed by atoms with Crippen LogP contribution in [0, 0.1) is 11.7 Å². The molecule has 1 N–H and O–H groups in total. The first-order valence-corrected chi connectivity index (χ1v) is 9.42. The van der Waals surface area contributed by atoms with Gasteiger partial charge in [0.1, 0.15) is 5.82 Å². The molecule has 0 spiro atoms. The minimum absolute atomic E-state index is 0.189. The van der Waals surface area contributed by atoms with Gasteiger partial charge in [0.15, 0.2) is 0 Å². The molecule has 1 aromatic carbocycles. The van der Waals surface area contributed by atoms with E-state index in [1.807, 2.05) is 18.3 Å². The van der Waals surface area contributed by atoms with Gasteiger partial charge in [-0.05, 0) is 36.5 Å². The van der Waals surface area contributed by atoms with Crippen molar-refractivity contribution in [3.63, 3.8) is 0 Å². The molecule has 1 amide bonds. The first kappa shape index (κ1) is 17.2. The number of fused-ring (bicyclic) bond motifs is 1. The summed E-state index contributed by atoms with van der Waals surface area (Å²) in [7, 11) is 0. The molecule has 0 aliphatic carbocycles. The van der Waals surface area contributed by atoms with Crippen LogP contribution in [-0.2, 0) is 17.8 Å². The van der Waals surface area contributed by atoms with Gasteiger partial charge in [-0.1, -0.05) is 12.1 Å². The fourth-order valence-corrected chi connectivity index (χ4v) is 4.37. The van der Waals surface area contributed by atoms with Crippen molar-refractivity contribution >= 4 is 5.91 Å². The zero-order valence-corrected chi connectivity index (χ0v) is 14.9. The summed E-state index contributed by atoms with van der Waals surface area (Å²) in [4.78, 5) is 24.2. The van der Waals surface area contributed by atoms with Crippen LogP contribution in [0.5, 0.6) is 0 Å². The van der Waals surface area contributed by atoms with E-state index in [9.17, 15) is 9.18 Å². The van der Waals surface area contributed by atoms with E-state index in [1.165, 1.54) is 12.1 Å². The molecule has 0 bridgehead atoms. The minimum atomic E-state index is -0.189. The number of rotatable bonds is 5. The predicted octanol–water partition coefficient (Wildman–Crippen LogP) is 2.60. The molecule has 2 atom stereocenters. The normalized spacial score (nSPS) is 23.9. The molecule has 2 aliphatic heterocycles. The van der Waals surface area contributed by atoms with Gasteiger partial charge >= 0.3 is 0 Å². The van der Waals surface area contributed by atoms with Crippen molar-refractivity contribution in [2.24, 2.45) is 5.92 Å². The molecular weight excluding hydrogens is 331 g/mol. The molecule has 4 rings (SSSR count). The Morgan fingerprint density at radius 2 is 2.08 bits per heavy atom. The SMILES string of the molecule is O=C1CC[C@@H]2CN(Cc3ccc(F)cc3)CC[C@@H]2N1CCc1cnc[nH]1. The summed E-state index contributed by atoms with van der Waals surface area (Å²) in [6, 6.07) is 7.13. The van der Waals surface area contributed by atoms with Crippen molar-refractivity contribution in [3.05, 3.63) is 53.9 Å². The third-order valence-corrected chi connectivity index (χ3v) is 5.72. The van der Waals surface area contributed by atoms with Crippen LogP contribution in [-0.4, -0.2) is 51.4 Å². The average Bonchev–Trinajstić information content (AvgIpc) is 3.16. The number of hydrogen-bond acceptors (Lipinski definition) is 3. The number of carbonyl (C=O) groups is 1. The number of aromatic nitrogens is 2. The Morgan fingerprint density at radius 1 is 1.23 bits per heavy atom. The highest BCUT2D eigenvalue weighted by Gasteiger charge is 2.38. The average molecular weight is 356 g/mol. The number of carbonyl (C=O) groups excluding carboxylic acids is 1. The van der Waals surface area contributed by atoms with Crippen LogP contribution in [0.15, 0.2) is 36.8 Å². The van der Waals surface area contributed by atoms with Crippen molar-refractivity contribution in [2.75, 3.05) is 19.6 Å². The van der Waals surface area contributed by atoms with Crippen molar-refractivity contribution < 1.29 is 9.18 Å². The van der Waals surface area contributed by atoms with E-state index in [1.54, 1.807) is 6.33 Å². The number of halogens is 1. The molecule has 2 saturated heterocycles. The molecule has 2 aromatic rings. The lowest BCUT2D eigenvalue weighted by atomic mass is 9.83. The third kappa shape index (κ3) is 3.80. The lowest BCUT2D eigenvalue weighted by Gasteiger charge is -2.47.